The van der Waals surface area contributed by atoms with E-state index >= 15 is 0 Å². The zero-order valence-electron chi connectivity index (χ0n) is 22.9. The van der Waals surface area contributed by atoms with Crippen molar-refractivity contribution in [3.05, 3.63) is 36.7 Å². The molecule has 1 saturated heterocycles. The Labute approximate surface area is 218 Å². The van der Waals surface area contributed by atoms with Crippen molar-refractivity contribution >= 4 is 18.0 Å². The van der Waals surface area contributed by atoms with Crippen molar-refractivity contribution in [2.24, 2.45) is 12.5 Å². The minimum atomic E-state index is -0.932. The number of hydrogen-bond donors (Lipinski definition) is 1. The van der Waals surface area contributed by atoms with Crippen LogP contribution >= 0.6 is 0 Å². The molecule has 37 heavy (non-hydrogen) atoms. The second-order valence-electron chi connectivity index (χ2n) is 11.3. The molecular weight excluding hydrogens is 476 g/mol. The molecule has 10 heteroatoms. The number of alkyl carbamates (subject to hydrolysis) is 1. The Bertz CT molecular complexity index is 1130. The number of methoxy groups -OCH3 is 1. The molecule has 3 unspecified atom stereocenters. The van der Waals surface area contributed by atoms with Crippen molar-refractivity contribution in [2.45, 2.75) is 71.8 Å². The highest BCUT2D eigenvalue weighted by Gasteiger charge is 2.46. The number of nitrogens with one attached hydrogen (secondary N) is 1. The molecule has 202 valence electrons. The summed E-state index contributed by atoms with van der Waals surface area (Å²) in [6.07, 6.45) is 2.69. The van der Waals surface area contributed by atoms with Gasteiger partial charge in [0.05, 0.1) is 25.0 Å². The maximum atomic E-state index is 13.7. The van der Waals surface area contributed by atoms with E-state index in [2.05, 4.69) is 10.3 Å². The number of aromatic nitrogens is 2. The number of amides is 2. The van der Waals surface area contributed by atoms with Crippen LogP contribution in [0, 0.1) is 5.41 Å². The molecule has 3 rings (SSSR count). The third-order valence-corrected chi connectivity index (χ3v) is 6.03. The second kappa shape index (κ2) is 10.8. The highest BCUT2D eigenvalue weighted by molar-refractivity contribution is 5.91. The molecule has 1 fully saturated rings. The quantitative estimate of drug-likeness (QED) is 0.587. The fourth-order valence-corrected chi connectivity index (χ4v) is 4.27. The van der Waals surface area contributed by atoms with Gasteiger partial charge in [0.1, 0.15) is 29.5 Å². The van der Waals surface area contributed by atoms with Crippen molar-refractivity contribution < 1.29 is 28.6 Å². The third kappa shape index (κ3) is 7.02. The second-order valence-corrected chi connectivity index (χ2v) is 11.3. The van der Waals surface area contributed by atoms with Crippen molar-refractivity contribution in [3.8, 4) is 17.1 Å². The molecule has 1 N–H and O–H groups in total. The molecule has 0 saturated carbocycles. The van der Waals surface area contributed by atoms with Crippen molar-refractivity contribution in [3.63, 3.8) is 0 Å². The van der Waals surface area contributed by atoms with E-state index in [1.807, 2.05) is 56.8 Å². The maximum absolute atomic E-state index is 13.7. The summed E-state index contributed by atoms with van der Waals surface area (Å²) in [6, 6.07) is 5.68. The minimum Gasteiger partial charge on any atom is -0.488 e. The summed E-state index contributed by atoms with van der Waals surface area (Å²) < 4.78 is 18.5. The van der Waals surface area contributed by atoms with E-state index in [1.54, 1.807) is 33.0 Å². The van der Waals surface area contributed by atoms with Crippen molar-refractivity contribution in [1.82, 2.24) is 19.8 Å². The Morgan fingerprint density at radius 1 is 1.14 bits per heavy atom. The van der Waals surface area contributed by atoms with E-state index in [-0.39, 0.29) is 13.0 Å². The van der Waals surface area contributed by atoms with Gasteiger partial charge in [-0.15, -0.1) is 0 Å². The van der Waals surface area contributed by atoms with E-state index in [0.29, 0.717) is 5.75 Å². The van der Waals surface area contributed by atoms with Crippen LogP contribution < -0.4 is 10.1 Å². The van der Waals surface area contributed by atoms with Gasteiger partial charge in [-0.1, -0.05) is 20.8 Å². The Kier molecular flexibility index (Phi) is 8.19. The summed E-state index contributed by atoms with van der Waals surface area (Å²) >= 11 is 0. The first-order valence-electron chi connectivity index (χ1n) is 12.3. The molecular formula is C27H38N4O6. The molecule has 0 bridgehead atoms. The monoisotopic (exact) mass is 514 g/mol. The summed E-state index contributed by atoms with van der Waals surface area (Å²) in [5.41, 5.74) is 0.305. The number of pyridine rings is 1. The number of likely N-dealkylation sites (tertiary alicyclic amines) is 1. The Morgan fingerprint density at radius 2 is 1.84 bits per heavy atom. The number of rotatable bonds is 6. The molecule has 0 aromatic carbocycles. The first-order chi connectivity index (χ1) is 17.2. The normalized spacial score (nSPS) is 18.8. The lowest BCUT2D eigenvalue weighted by Gasteiger charge is -2.35. The Hall–Kier alpha value is -3.56. The summed E-state index contributed by atoms with van der Waals surface area (Å²) in [4.78, 5) is 44.8. The Balaban J connectivity index is 1.81. The van der Waals surface area contributed by atoms with E-state index < -0.39 is 47.2 Å². The van der Waals surface area contributed by atoms with Crippen LogP contribution in [0.4, 0.5) is 4.79 Å². The molecule has 3 atom stereocenters. The van der Waals surface area contributed by atoms with Crippen molar-refractivity contribution in [2.75, 3.05) is 13.7 Å². The first-order valence-corrected chi connectivity index (χ1v) is 12.3. The van der Waals surface area contributed by atoms with Crippen LogP contribution in [0.2, 0.25) is 0 Å². The van der Waals surface area contributed by atoms with Crippen LogP contribution in [-0.2, 0) is 26.1 Å². The third-order valence-electron chi connectivity index (χ3n) is 6.03. The summed E-state index contributed by atoms with van der Waals surface area (Å²) in [6.45, 7) is 10.9. The Morgan fingerprint density at radius 3 is 2.41 bits per heavy atom. The number of esters is 1. The van der Waals surface area contributed by atoms with Gasteiger partial charge in [-0.05, 0) is 44.4 Å². The number of carbonyl (C=O) groups excluding carboxylic acids is 3. The van der Waals surface area contributed by atoms with Gasteiger partial charge in [-0.2, -0.15) is 0 Å². The van der Waals surface area contributed by atoms with Crippen LogP contribution in [0.25, 0.3) is 11.4 Å². The fraction of sp³-hybridized carbons (Fsp3) is 0.556. The van der Waals surface area contributed by atoms with E-state index in [1.165, 1.54) is 12.0 Å². The summed E-state index contributed by atoms with van der Waals surface area (Å²) in [5.74, 6) is -0.365. The predicted molar refractivity (Wildman–Crippen MR) is 138 cm³/mol. The SMILES string of the molecule is COC(=O)C1CC(Oc2ccnc(-c3cccn3C)c2)CN1C(=O)C(NC(=O)OC(C)(C)C)C(C)(C)C. The molecule has 0 radical (unpaired) electrons. The molecule has 0 aliphatic carbocycles. The molecule has 3 heterocycles. The molecule has 2 aromatic rings. The lowest BCUT2D eigenvalue weighted by molar-refractivity contribution is -0.152. The lowest BCUT2D eigenvalue weighted by atomic mass is 9.85. The average molecular weight is 515 g/mol. The van der Waals surface area contributed by atoms with Crippen LogP contribution in [0.1, 0.15) is 48.0 Å². The zero-order chi connectivity index (χ0) is 27.5. The molecule has 1 aliphatic heterocycles. The first kappa shape index (κ1) is 28.0. The van der Waals surface area contributed by atoms with Gasteiger partial charge in [0.15, 0.2) is 0 Å². The minimum absolute atomic E-state index is 0.156. The lowest BCUT2D eigenvalue weighted by Crippen LogP contribution is -2.57. The topological polar surface area (TPSA) is 112 Å². The number of hydrogen-bond acceptors (Lipinski definition) is 7. The van der Waals surface area contributed by atoms with E-state index in [4.69, 9.17) is 14.2 Å². The van der Waals surface area contributed by atoms with Gasteiger partial charge in [0.2, 0.25) is 5.91 Å². The predicted octanol–water partition coefficient (Wildman–Crippen LogP) is 3.55. The highest BCUT2D eigenvalue weighted by atomic mass is 16.6. The van der Waals surface area contributed by atoms with Gasteiger partial charge < -0.3 is 29.0 Å². The largest absolute Gasteiger partial charge is 0.488 e. The van der Waals surface area contributed by atoms with E-state index in [0.717, 1.165) is 11.4 Å². The molecule has 2 aromatic heterocycles. The molecule has 1 aliphatic rings. The van der Waals surface area contributed by atoms with Crippen LogP contribution in [0.5, 0.6) is 5.75 Å². The van der Waals surface area contributed by atoms with Crippen LogP contribution in [-0.4, -0.2) is 69.9 Å². The summed E-state index contributed by atoms with van der Waals surface area (Å²) in [7, 11) is 3.22. The average Bonchev–Trinajstić information content (AvgIpc) is 3.41. The van der Waals surface area contributed by atoms with Gasteiger partial charge in [0, 0.05) is 31.9 Å². The van der Waals surface area contributed by atoms with Gasteiger partial charge in [0.25, 0.3) is 0 Å². The fourth-order valence-electron chi connectivity index (χ4n) is 4.27. The number of aryl methyl sites for hydroxylation is 1. The van der Waals surface area contributed by atoms with E-state index in [9.17, 15) is 14.4 Å². The number of ether oxygens (including phenoxy) is 3. The van der Waals surface area contributed by atoms with Crippen LogP contribution in [0.15, 0.2) is 36.7 Å². The number of carbonyl (C=O) groups is 3. The van der Waals surface area contributed by atoms with Gasteiger partial charge in [-0.25, -0.2) is 9.59 Å². The zero-order valence-corrected chi connectivity index (χ0v) is 22.9. The maximum Gasteiger partial charge on any atom is 0.408 e. The van der Waals surface area contributed by atoms with Gasteiger partial charge in [-0.3, -0.25) is 9.78 Å². The summed E-state index contributed by atoms with van der Waals surface area (Å²) in [5, 5.41) is 2.70. The van der Waals surface area contributed by atoms with Crippen LogP contribution in [0.3, 0.4) is 0 Å². The van der Waals surface area contributed by atoms with Gasteiger partial charge >= 0.3 is 12.1 Å². The molecule has 0 spiro atoms. The number of nitrogens with zero attached hydrogens (tertiary/aromatic N) is 3. The molecule has 2 amide bonds. The highest BCUT2D eigenvalue weighted by Crippen LogP contribution is 2.30. The standard InChI is InChI=1S/C27H38N4O6/c1-26(2,3)22(29-25(34)37-27(4,5)6)23(32)31-16-18(15-21(31)24(33)35-8)36-17-11-12-28-19(14-17)20-10-9-13-30(20)7/h9-14,18,21-22H,15-16H2,1-8H3,(H,29,34). The smallest absolute Gasteiger partial charge is 0.408 e. The molecule has 10 nitrogen and oxygen atoms in total. The van der Waals surface area contributed by atoms with Crippen molar-refractivity contribution in [1.29, 1.82) is 0 Å².